The Balaban J connectivity index is 1.64. The number of carbonyl (C=O) groups excluding carboxylic acids is 1. The van der Waals surface area contributed by atoms with Gasteiger partial charge in [-0.2, -0.15) is 0 Å². The van der Waals surface area contributed by atoms with E-state index >= 15 is 0 Å². The largest absolute Gasteiger partial charge is 0.388 e. The van der Waals surface area contributed by atoms with E-state index in [1.54, 1.807) is 11.3 Å². The summed E-state index contributed by atoms with van der Waals surface area (Å²) in [5.74, 6) is 0.182. The van der Waals surface area contributed by atoms with Crippen molar-refractivity contribution in [2.45, 2.75) is 63.3 Å². The van der Waals surface area contributed by atoms with Crippen molar-refractivity contribution in [1.29, 1.82) is 0 Å². The lowest BCUT2D eigenvalue weighted by Crippen LogP contribution is -2.62. The van der Waals surface area contributed by atoms with Gasteiger partial charge < -0.3 is 10.4 Å². The van der Waals surface area contributed by atoms with Crippen molar-refractivity contribution in [2.75, 3.05) is 6.54 Å². The highest BCUT2D eigenvalue weighted by Gasteiger charge is 2.46. The number of benzene rings is 1. The fourth-order valence-corrected chi connectivity index (χ4v) is 5.29. The number of aliphatic hydroxyl groups is 1. The molecule has 1 amide bonds. The molecule has 0 unspecified atom stereocenters. The molecule has 2 aliphatic rings. The van der Waals surface area contributed by atoms with Gasteiger partial charge in [0.15, 0.2) is 0 Å². The summed E-state index contributed by atoms with van der Waals surface area (Å²) in [4.78, 5) is 19.8. The van der Waals surface area contributed by atoms with E-state index in [4.69, 9.17) is 0 Å². The molecule has 2 aromatic rings. The highest BCUT2D eigenvalue weighted by atomic mass is 32.1. The third-order valence-corrected chi connectivity index (χ3v) is 7.04. The molecule has 0 spiro atoms. The molecule has 1 aliphatic heterocycles. The molecule has 150 valence electrons. The maximum Gasteiger partial charge on any atom is 0.223 e. The second-order valence-corrected chi connectivity index (χ2v) is 9.31. The van der Waals surface area contributed by atoms with Gasteiger partial charge in [-0.05, 0) is 31.7 Å². The van der Waals surface area contributed by atoms with Crippen molar-refractivity contribution >= 4 is 17.2 Å². The minimum Gasteiger partial charge on any atom is -0.388 e. The Morgan fingerprint density at radius 2 is 2.07 bits per heavy atom. The van der Waals surface area contributed by atoms with Crippen LogP contribution in [0.15, 0.2) is 41.9 Å². The molecule has 6 heteroatoms. The number of hydrogen-bond donors (Lipinski definition) is 2. The van der Waals surface area contributed by atoms with Crippen LogP contribution in [-0.2, 0) is 11.3 Å². The van der Waals surface area contributed by atoms with Crippen molar-refractivity contribution in [3.8, 4) is 0 Å². The smallest absolute Gasteiger partial charge is 0.223 e. The first-order valence-electron chi connectivity index (χ1n) is 10.2. The fraction of sp³-hybridized carbons (Fsp3) is 0.545. The van der Waals surface area contributed by atoms with Crippen LogP contribution in [0.25, 0.3) is 0 Å². The van der Waals surface area contributed by atoms with Gasteiger partial charge in [-0.15, -0.1) is 11.3 Å². The highest BCUT2D eigenvalue weighted by molar-refractivity contribution is 7.09. The molecule has 5 nitrogen and oxygen atoms in total. The number of nitrogens with zero attached hydrogens (tertiary/aromatic N) is 2. The van der Waals surface area contributed by atoms with Crippen LogP contribution < -0.4 is 5.32 Å². The maximum atomic E-state index is 13.0. The zero-order valence-electron chi connectivity index (χ0n) is 16.4. The van der Waals surface area contributed by atoms with E-state index in [-0.39, 0.29) is 23.9 Å². The standard InChI is InChI=1S/C22H29N3O2S/c1-22(27)11-13-25(15-18-23-12-14-28-18)19(16-7-3-2-4-8-16)20(22)24-21(26)17-9-5-6-10-17/h2-4,7-8,12,14,17,19-20,27H,5-6,9-11,13,15H2,1H3,(H,24,26)/t19-,20-,22+/m0/s1. The zero-order valence-corrected chi connectivity index (χ0v) is 17.2. The summed E-state index contributed by atoms with van der Waals surface area (Å²) in [6.45, 7) is 3.36. The Hall–Kier alpha value is -1.76. The number of piperidine rings is 1. The Morgan fingerprint density at radius 1 is 1.32 bits per heavy atom. The van der Waals surface area contributed by atoms with Crippen LogP contribution in [0.4, 0.5) is 0 Å². The van der Waals surface area contributed by atoms with Gasteiger partial charge in [0.2, 0.25) is 5.91 Å². The lowest BCUT2D eigenvalue weighted by atomic mass is 9.79. The molecule has 0 radical (unpaired) electrons. The molecular formula is C22H29N3O2S. The van der Waals surface area contributed by atoms with E-state index in [0.717, 1.165) is 49.3 Å². The SMILES string of the molecule is C[C@@]1(O)CCN(Cc2nccs2)[C@@H](c2ccccc2)[C@@H]1NC(=O)C1CCCC1. The van der Waals surface area contributed by atoms with Gasteiger partial charge in [0.05, 0.1) is 24.2 Å². The summed E-state index contributed by atoms with van der Waals surface area (Å²) in [5, 5.41) is 17.6. The van der Waals surface area contributed by atoms with Gasteiger partial charge in [-0.1, -0.05) is 43.2 Å². The third kappa shape index (κ3) is 4.14. The van der Waals surface area contributed by atoms with Crippen LogP contribution in [0.2, 0.25) is 0 Å². The zero-order chi connectivity index (χ0) is 19.6. The molecule has 0 bridgehead atoms. The average Bonchev–Trinajstić information content (AvgIpc) is 3.39. The van der Waals surface area contributed by atoms with E-state index in [1.807, 2.05) is 36.7 Å². The molecule has 3 atom stereocenters. The van der Waals surface area contributed by atoms with Crippen molar-refractivity contribution in [1.82, 2.24) is 15.2 Å². The predicted molar refractivity (Wildman–Crippen MR) is 111 cm³/mol. The topological polar surface area (TPSA) is 65.5 Å². The molecule has 2 N–H and O–H groups in total. The van der Waals surface area contributed by atoms with Gasteiger partial charge in [-0.3, -0.25) is 9.69 Å². The number of nitrogens with one attached hydrogen (secondary N) is 1. The van der Waals surface area contributed by atoms with Crippen molar-refractivity contribution in [3.05, 3.63) is 52.5 Å². The third-order valence-electron chi connectivity index (χ3n) is 6.27. The Bertz CT molecular complexity index is 772. The van der Waals surface area contributed by atoms with Gasteiger partial charge in [0.25, 0.3) is 0 Å². The summed E-state index contributed by atoms with van der Waals surface area (Å²) < 4.78 is 0. The first-order valence-corrected chi connectivity index (χ1v) is 11.1. The number of hydrogen-bond acceptors (Lipinski definition) is 5. The molecule has 1 saturated heterocycles. The van der Waals surface area contributed by atoms with Crippen molar-refractivity contribution in [3.63, 3.8) is 0 Å². The lowest BCUT2D eigenvalue weighted by molar-refractivity contribution is -0.132. The minimum absolute atomic E-state index is 0.0841. The Labute approximate surface area is 170 Å². The molecule has 28 heavy (non-hydrogen) atoms. The van der Waals surface area contributed by atoms with Crippen LogP contribution in [0.5, 0.6) is 0 Å². The van der Waals surface area contributed by atoms with E-state index < -0.39 is 5.60 Å². The molecule has 1 saturated carbocycles. The average molecular weight is 400 g/mol. The maximum absolute atomic E-state index is 13.0. The van der Waals surface area contributed by atoms with Crippen LogP contribution >= 0.6 is 11.3 Å². The Morgan fingerprint density at radius 3 is 2.75 bits per heavy atom. The predicted octanol–water partition coefficient (Wildman–Crippen LogP) is 3.52. The molecule has 4 rings (SSSR count). The van der Waals surface area contributed by atoms with E-state index in [1.165, 1.54) is 0 Å². The number of rotatable bonds is 5. The highest BCUT2D eigenvalue weighted by Crippen LogP contribution is 2.38. The van der Waals surface area contributed by atoms with Gasteiger partial charge >= 0.3 is 0 Å². The van der Waals surface area contributed by atoms with Crippen LogP contribution in [0.3, 0.4) is 0 Å². The van der Waals surface area contributed by atoms with E-state index in [0.29, 0.717) is 6.42 Å². The minimum atomic E-state index is -0.950. The van der Waals surface area contributed by atoms with Gasteiger partial charge in [0.1, 0.15) is 5.01 Å². The van der Waals surface area contributed by atoms with Crippen LogP contribution in [0, 0.1) is 5.92 Å². The summed E-state index contributed by atoms with van der Waals surface area (Å²) in [5.41, 5.74) is 0.171. The first-order chi connectivity index (χ1) is 13.5. The molecule has 2 heterocycles. The number of likely N-dealkylation sites (tertiary alicyclic amines) is 1. The second-order valence-electron chi connectivity index (χ2n) is 8.33. The van der Waals surface area contributed by atoms with Crippen LogP contribution in [0.1, 0.15) is 55.6 Å². The summed E-state index contributed by atoms with van der Waals surface area (Å²) in [6.07, 6.45) is 6.61. The quantitative estimate of drug-likeness (QED) is 0.807. The fourth-order valence-electron chi connectivity index (χ4n) is 4.64. The first kappa shape index (κ1) is 19.6. The lowest BCUT2D eigenvalue weighted by Gasteiger charge is -2.49. The number of amides is 1. The monoisotopic (exact) mass is 399 g/mol. The Kier molecular flexibility index (Phi) is 5.80. The van der Waals surface area contributed by atoms with Gasteiger partial charge in [-0.25, -0.2) is 4.98 Å². The summed E-state index contributed by atoms with van der Waals surface area (Å²) >= 11 is 1.65. The molecule has 1 aromatic carbocycles. The summed E-state index contributed by atoms with van der Waals surface area (Å²) in [7, 11) is 0. The molecule has 1 aliphatic carbocycles. The number of thiazole rings is 1. The molecular weight excluding hydrogens is 370 g/mol. The number of aromatic nitrogens is 1. The van der Waals surface area contributed by atoms with Gasteiger partial charge in [0, 0.05) is 24.0 Å². The molecule has 2 fully saturated rings. The summed E-state index contributed by atoms with van der Waals surface area (Å²) in [6, 6.07) is 9.80. The number of carbonyl (C=O) groups is 1. The van der Waals surface area contributed by atoms with E-state index in [2.05, 4.69) is 27.3 Å². The second kappa shape index (κ2) is 8.31. The normalized spacial score (nSPS) is 29.1. The van der Waals surface area contributed by atoms with Crippen molar-refractivity contribution in [2.24, 2.45) is 5.92 Å². The van der Waals surface area contributed by atoms with Crippen LogP contribution in [-0.4, -0.2) is 39.1 Å². The van der Waals surface area contributed by atoms with Crippen molar-refractivity contribution < 1.29 is 9.90 Å². The van der Waals surface area contributed by atoms with E-state index in [9.17, 15) is 9.90 Å². The molecule has 1 aromatic heterocycles.